The normalized spacial score (nSPS) is 14.7. The predicted molar refractivity (Wildman–Crippen MR) is 118 cm³/mol. The first kappa shape index (κ1) is 19.7. The van der Waals surface area contributed by atoms with E-state index in [1.54, 1.807) is 0 Å². The molecular weight excluding hydrogens is 380 g/mol. The maximum absolute atomic E-state index is 12.8. The fraction of sp³-hybridized carbons (Fsp3) is 0.292. The molecule has 0 radical (unpaired) electrons. The molecule has 0 aliphatic carbocycles. The summed E-state index contributed by atoms with van der Waals surface area (Å²) in [5.41, 5.74) is 1.81. The Balaban J connectivity index is 1.24. The van der Waals surface area contributed by atoms with Gasteiger partial charge in [0.15, 0.2) is 0 Å². The van der Waals surface area contributed by atoms with Crippen LogP contribution in [0.2, 0.25) is 0 Å². The molecule has 2 aromatic carbocycles. The van der Waals surface area contributed by atoms with Gasteiger partial charge >= 0.3 is 0 Å². The standard InChI is InChI=1S/C24H26N2O2S/c27-24(26-16-14-25(15-17-26)13-12-23-7-4-18-29-23)21-10-8-20(9-11-21)19-28-22-5-2-1-3-6-22/h1-11,18H,12-17,19H2. The molecule has 4 nitrogen and oxygen atoms in total. The van der Waals surface area contributed by atoms with Crippen molar-refractivity contribution in [2.75, 3.05) is 32.7 Å². The number of carbonyl (C=O) groups excluding carboxylic acids is 1. The Morgan fingerprint density at radius 1 is 0.897 bits per heavy atom. The highest BCUT2D eigenvalue weighted by molar-refractivity contribution is 7.09. The van der Waals surface area contributed by atoms with Crippen molar-refractivity contribution in [3.63, 3.8) is 0 Å². The van der Waals surface area contributed by atoms with Crippen LogP contribution in [0.15, 0.2) is 72.1 Å². The van der Waals surface area contributed by atoms with Crippen LogP contribution in [0.5, 0.6) is 5.75 Å². The lowest BCUT2D eigenvalue weighted by molar-refractivity contribution is 0.0638. The first-order valence-electron chi connectivity index (χ1n) is 10.1. The Bertz CT molecular complexity index is 886. The minimum atomic E-state index is 0.124. The summed E-state index contributed by atoms with van der Waals surface area (Å²) in [5, 5.41) is 2.13. The molecule has 0 saturated carbocycles. The summed E-state index contributed by atoms with van der Waals surface area (Å²) in [6.45, 7) is 5.05. The molecule has 0 spiro atoms. The van der Waals surface area contributed by atoms with Crippen molar-refractivity contribution in [2.24, 2.45) is 0 Å². The Morgan fingerprint density at radius 2 is 1.66 bits per heavy atom. The van der Waals surface area contributed by atoms with Crippen molar-refractivity contribution in [1.82, 2.24) is 9.80 Å². The molecule has 1 saturated heterocycles. The first-order chi connectivity index (χ1) is 14.3. The van der Waals surface area contributed by atoms with Crippen LogP contribution >= 0.6 is 11.3 Å². The highest BCUT2D eigenvalue weighted by Crippen LogP contribution is 2.15. The molecule has 2 heterocycles. The zero-order valence-corrected chi connectivity index (χ0v) is 17.3. The van der Waals surface area contributed by atoms with Crippen molar-refractivity contribution in [3.05, 3.63) is 88.1 Å². The van der Waals surface area contributed by atoms with Gasteiger partial charge < -0.3 is 9.64 Å². The van der Waals surface area contributed by atoms with Crippen LogP contribution in [0.1, 0.15) is 20.8 Å². The SMILES string of the molecule is O=C(c1ccc(COc2ccccc2)cc1)N1CCN(CCc2cccs2)CC1. The van der Waals surface area contributed by atoms with Gasteiger partial charge in [0.2, 0.25) is 0 Å². The Labute approximate surface area is 176 Å². The van der Waals surface area contributed by atoms with Gasteiger partial charge in [0.05, 0.1) is 0 Å². The molecular formula is C24H26N2O2S. The third-order valence-electron chi connectivity index (χ3n) is 5.26. The topological polar surface area (TPSA) is 32.8 Å². The average Bonchev–Trinajstić information content (AvgIpc) is 3.31. The number of piperazine rings is 1. The van der Waals surface area contributed by atoms with Crippen LogP contribution in [0.3, 0.4) is 0 Å². The van der Waals surface area contributed by atoms with E-state index in [9.17, 15) is 4.79 Å². The maximum atomic E-state index is 12.8. The van der Waals surface area contributed by atoms with Crippen LogP contribution in [0.25, 0.3) is 0 Å². The van der Waals surface area contributed by atoms with Crippen LogP contribution in [0.4, 0.5) is 0 Å². The first-order valence-corrected chi connectivity index (χ1v) is 11.0. The van der Waals surface area contributed by atoms with Gasteiger partial charge in [-0.15, -0.1) is 11.3 Å². The van der Waals surface area contributed by atoms with Crippen molar-refractivity contribution < 1.29 is 9.53 Å². The van der Waals surface area contributed by atoms with Gasteiger partial charge in [0, 0.05) is 43.2 Å². The molecule has 4 rings (SSSR count). The molecule has 1 aliphatic heterocycles. The third-order valence-corrected chi connectivity index (χ3v) is 6.20. The molecule has 1 aromatic heterocycles. The summed E-state index contributed by atoms with van der Waals surface area (Å²) in [6, 6.07) is 21.9. The molecule has 1 fully saturated rings. The minimum absolute atomic E-state index is 0.124. The van der Waals surface area contributed by atoms with Gasteiger partial charge in [-0.3, -0.25) is 9.69 Å². The summed E-state index contributed by atoms with van der Waals surface area (Å²) in [7, 11) is 0. The van der Waals surface area contributed by atoms with E-state index in [4.69, 9.17) is 4.74 Å². The molecule has 1 amide bonds. The smallest absolute Gasteiger partial charge is 0.253 e. The summed E-state index contributed by atoms with van der Waals surface area (Å²) in [6.07, 6.45) is 1.10. The van der Waals surface area contributed by atoms with Gasteiger partial charge in [0.1, 0.15) is 12.4 Å². The lowest BCUT2D eigenvalue weighted by atomic mass is 10.1. The second-order valence-electron chi connectivity index (χ2n) is 7.26. The molecule has 0 bridgehead atoms. The van der Waals surface area contributed by atoms with E-state index in [1.807, 2.05) is 70.8 Å². The second kappa shape index (κ2) is 9.72. The zero-order chi connectivity index (χ0) is 19.9. The Hall–Kier alpha value is -2.63. The highest BCUT2D eigenvalue weighted by Gasteiger charge is 2.22. The third kappa shape index (κ3) is 5.46. The fourth-order valence-corrected chi connectivity index (χ4v) is 4.21. The van der Waals surface area contributed by atoms with Gasteiger partial charge in [0.25, 0.3) is 5.91 Å². The summed E-state index contributed by atoms with van der Waals surface area (Å²) >= 11 is 1.82. The molecule has 3 aromatic rings. The Morgan fingerprint density at radius 3 is 2.34 bits per heavy atom. The van der Waals surface area contributed by atoms with E-state index in [0.29, 0.717) is 6.61 Å². The van der Waals surface area contributed by atoms with E-state index in [1.165, 1.54) is 4.88 Å². The van der Waals surface area contributed by atoms with Crippen LogP contribution in [-0.4, -0.2) is 48.4 Å². The van der Waals surface area contributed by atoms with Crippen LogP contribution in [-0.2, 0) is 13.0 Å². The molecule has 0 N–H and O–H groups in total. The van der Waals surface area contributed by atoms with Crippen molar-refractivity contribution in [3.8, 4) is 5.75 Å². The van der Waals surface area contributed by atoms with Crippen molar-refractivity contribution in [1.29, 1.82) is 0 Å². The average molecular weight is 407 g/mol. The van der Waals surface area contributed by atoms with Crippen LogP contribution < -0.4 is 4.74 Å². The molecule has 1 aliphatic rings. The van der Waals surface area contributed by atoms with E-state index in [2.05, 4.69) is 22.4 Å². The molecule has 0 atom stereocenters. The number of benzene rings is 2. The number of thiophene rings is 1. The molecule has 150 valence electrons. The van der Waals surface area contributed by atoms with Crippen LogP contribution in [0, 0.1) is 0 Å². The van der Waals surface area contributed by atoms with E-state index in [-0.39, 0.29) is 5.91 Å². The monoisotopic (exact) mass is 406 g/mol. The summed E-state index contributed by atoms with van der Waals surface area (Å²) in [4.78, 5) is 18.7. The van der Waals surface area contributed by atoms with Crippen molar-refractivity contribution in [2.45, 2.75) is 13.0 Å². The number of ether oxygens (including phenoxy) is 1. The van der Waals surface area contributed by atoms with E-state index in [0.717, 1.165) is 56.0 Å². The minimum Gasteiger partial charge on any atom is -0.489 e. The number of nitrogens with zero attached hydrogens (tertiary/aromatic N) is 2. The quantitative estimate of drug-likeness (QED) is 0.586. The van der Waals surface area contributed by atoms with E-state index >= 15 is 0 Å². The predicted octanol–water partition coefficient (Wildman–Crippen LogP) is 4.33. The Kier molecular flexibility index (Phi) is 6.60. The number of hydrogen-bond donors (Lipinski definition) is 0. The molecule has 0 unspecified atom stereocenters. The number of hydrogen-bond acceptors (Lipinski definition) is 4. The van der Waals surface area contributed by atoms with Gasteiger partial charge in [-0.2, -0.15) is 0 Å². The zero-order valence-electron chi connectivity index (χ0n) is 16.5. The van der Waals surface area contributed by atoms with Gasteiger partial charge in [-0.25, -0.2) is 0 Å². The highest BCUT2D eigenvalue weighted by atomic mass is 32.1. The second-order valence-corrected chi connectivity index (χ2v) is 8.29. The lowest BCUT2D eigenvalue weighted by Gasteiger charge is -2.34. The summed E-state index contributed by atoms with van der Waals surface area (Å²) < 4.78 is 5.77. The fourth-order valence-electron chi connectivity index (χ4n) is 3.51. The van der Waals surface area contributed by atoms with E-state index < -0.39 is 0 Å². The maximum Gasteiger partial charge on any atom is 0.253 e. The number of carbonyl (C=O) groups is 1. The molecule has 29 heavy (non-hydrogen) atoms. The number of rotatable bonds is 7. The largest absolute Gasteiger partial charge is 0.489 e. The summed E-state index contributed by atoms with van der Waals surface area (Å²) in [5.74, 6) is 0.975. The van der Waals surface area contributed by atoms with Gasteiger partial charge in [-0.05, 0) is 47.7 Å². The number of para-hydroxylation sites is 1. The number of amides is 1. The van der Waals surface area contributed by atoms with Crippen molar-refractivity contribution >= 4 is 17.2 Å². The van der Waals surface area contributed by atoms with Gasteiger partial charge in [-0.1, -0.05) is 36.4 Å². The molecule has 5 heteroatoms. The lowest BCUT2D eigenvalue weighted by Crippen LogP contribution is -2.49.